The fraction of sp³-hybridized carbons (Fsp3) is 0.957. The molecule has 27 heavy (non-hydrogen) atoms. The van der Waals surface area contributed by atoms with Crippen LogP contribution in [0.4, 0.5) is 0 Å². The lowest BCUT2D eigenvalue weighted by Gasteiger charge is -2.43. The highest BCUT2D eigenvalue weighted by Gasteiger charge is 2.50. The summed E-state index contributed by atoms with van der Waals surface area (Å²) in [6.45, 7) is 12.7. The lowest BCUT2D eigenvalue weighted by atomic mass is 9.73. The van der Waals surface area contributed by atoms with E-state index in [9.17, 15) is 4.79 Å². The first-order valence-electron chi connectivity index (χ1n) is 11.3. The Bertz CT molecular complexity index is 376. The maximum absolute atomic E-state index is 12.6. The zero-order chi connectivity index (χ0) is 20.8. The van der Waals surface area contributed by atoms with Gasteiger partial charge < -0.3 is 9.16 Å². The molecule has 0 aliphatic rings. The van der Waals surface area contributed by atoms with Crippen LogP contribution in [-0.2, 0) is 14.0 Å². The molecule has 3 nitrogen and oxygen atoms in total. The first-order valence-corrected chi connectivity index (χ1v) is 13.7. The number of carbonyl (C=O) groups excluding carboxylic acids is 1. The Hall–Kier alpha value is -0.353. The second-order valence-corrected chi connectivity index (χ2v) is 11.2. The van der Waals surface area contributed by atoms with E-state index in [1.165, 1.54) is 77.7 Å². The van der Waals surface area contributed by atoms with E-state index in [0.29, 0.717) is 0 Å². The number of unbranched alkanes of at least 4 members (excludes halogenated alkanes) is 11. The molecule has 0 fully saturated rings. The average Bonchev–Trinajstić information content (AvgIpc) is 2.59. The van der Waals surface area contributed by atoms with E-state index in [-0.39, 0.29) is 11.4 Å². The van der Waals surface area contributed by atoms with Crippen LogP contribution < -0.4 is 0 Å². The van der Waals surface area contributed by atoms with E-state index in [4.69, 9.17) is 9.16 Å². The lowest BCUT2D eigenvalue weighted by Crippen LogP contribution is -2.54. The van der Waals surface area contributed by atoms with Crippen molar-refractivity contribution in [3.05, 3.63) is 0 Å². The van der Waals surface area contributed by atoms with Crippen molar-refractivity contribution in [2.75, 3.05) is 7.11 Å². The third-order valence-corrected chi connectivity index (χ3v) is 6.24. The molecule has 0 saturated carbocycles. The summed E-state index contributed by atoms with van der Waals surface area (Å²) in [5, 5.41) is 0. The first-order chi connectivity index (χ1) is 12.7. The molecule has 0 aliphatic heterocycles. The zero-order valence-electron chi connectivity index (χ0n) is 19.4. The Morgan fingerprint density at radius 2 is 1.19 bits per heavy atom. The Kier molecular flexibility index (Phi) is 14.4. The van der Waals surface area contributed by atoms with Crippen molar-refractivity contribution in [1.29, 1.82) is 0 Å². The molecule has 0 bridgehead atoms. The Morgan fingerprint density at radius 1 is 0.778 bits per heavy atom. The zero-order valence-corrected chi connectivity index (χ0v) is 20.4. The number of carbonyl (C=O) groups is 1. The van der Waals surface area contributed by atoms with Crippen molar-refractivity contribution in [3.63, 3.8) is 0 Å². The van der Waals surface area contributed by atoms with Crippen molar-refractivity contribution >= 4 is 15.0 Å². The minimum atomic E-state index is -0.994. The first kappa shape index (κ1) is 26.6. The molecule has 0 rings (SSSR count). The number of hydrogen-bond acceptors (Lipinski definition) is 3. The Labute approximate surface area is 171 Å². The number of ether oxygens (including phenoxy) is 1. The van der Waals surface area contributed by atoms with E-state index in [2.05, 4.69) is 40.8 Å². The molecule has 4 heteroatoms. The van der Waals surface area contributed by atoms with E-state index in [1.54, 1.807) is 0 Å². The monoisotopic (exact) mass is 399 g/mol. The predicted molar refractivity (Wildman–Crippen MR) is 118 cm³/mol. The van der Waals surface area contributed by atoms with Crippen LogP contribution in [0.25, 0.3) is 0 Å². The van der Waals surface area contributed by atoms with Crippen LogP contribution in [0, 0.1) is 5.41 Å². The van der Waals surface area contributed by atoms with Gasteiger partial charge >= 0.3 is 5.97 Å². The average molecular weight is 400 g/mol. The van der Waals surface area contributed by atoms with E-state index >= 15 is 0 Å². The van der Waals surface area contributed by atoms with E-state index < -0.39 is 14.6 Å². The summed E-state index contributed by atoms with van der Waals surface area (Å²) in [5.41, 5.74) is -1.07. The highest BCUT2D eigenvalue weighted by atomic mass is 28.3. The normalized spacial score (nSPS) is 14.4. The minimum absolute atomic E-state index is 0.204. The van der Waals surface area contributed by atoms with Crippen LogP contribution in [-0.4, -0.2) is 27.7 Å². The molecular weight excluding hydrogens is 352 g/mol. The molecule has 0 aromatic carbocycles. The fourth-order valence-corrected chi connectivity index (χ4v) is 4.95. The molecule has 1 radical (unpaired) electrons. The van der Waals surface area contributed by atoms with Gasteiger partial charge in [-0.15, -0.1) is 0 Å². The van der Waals surface area contributed by atoms with Gasteiger partial charge in [0.05, 0.1) is 7.11 Å². The van der Waals surface area contributed by atoms with Crippen LogP contribution in [0.3, 0.4) is 0 Å². The quantitative estimate of drug-likeness (QED) is 0.155. The topological polar surface area (TPSA) is 35.5 Å². The number of esters is 1. The molecule has 0 amide bonds. The van der Waals surface area contributed by atoms with Crippen molar-refractivity contribution < 1.29 is 14.0 Å². The van der Waals surface area contributed by atoms with Gasteiger partial charge in [-0.1, -0.05) is 98.3 Å². The second kappa shape index (κ2) is 14.6. The third kappa shape index (κ3) is 10.7. The van der Waals surface area contributed by atoms with E-state index in [0.717, 1.165) is 12.8 Å². The lowest BCUT2D eigenvalue weighted by molar-refractivity contribution is -0.172. The van der Waals surface area contributed by atoms with Gasteiger partial charge in [0.1, 0.15) is 0 Å². The summed E-state index contributed by atoms with van der Waals surface area (Å²) in [5.74, 6) is -0.204. The molecule has 161 valence electrons. The van der Waals surface area contributed by atoms with E-state index in [1.807, 2.05) is 0 Å². The highest BCUT2D eigenvalue weighted by Crippen LogP contribution is 2.40. The van der Waals surface area contributed by atoms with Gasteiger partial charge in [0.15, 0.2) is 5.60 Å². The van der Waals surface area contributed by atoms with Gasteiger partial charge in [-0.2, -0.15) is 0 Å². The van der Waals surface area contributed by atoms with Crippen LogP contribution in [0.5, 0.6) is 0 Å². The summed E-state index contributed by atoms with van der Waals surface area (Å²) in [4.78, 5) is 12.6. The molecule has 0 aromatic rings. The van der Waals surface area contributed by atoms with Gasteiger partial charge in [-0.05, 0) is 25.9 Å². The van der Waals surface area contributed by atoms with Crippen LogP contribution in [0.1, 0.15) is 111 Å². The SMILES string of the molecule is CCCCCCCCCCCCCCC(O[Si](C)C)(C(=O)OC)C(C)(C)C. The highest BCUT2D eigenvalue weighted by molar-refractivity contribution is 6.48. The number of methoxy groups -OCH3 is 1. The number of hydrogen-bond donors (Lipinski definition) is 0. The van der Waals surface area contributed by atoms with Crippen LogP contribution in [0.2, 0.25) is 13.1 Å². The summed E-state index contributed by atoms with van der Waals surface area (Å²) in [6, 6.07) is 0. The molecule has 0 heterocycles. The maximum Gasteiger partial charge on any atom is 0.337 e. The molecular formula is C23H47O3Si. The van der Waals surface area contributed by atoms with Gasteiger partial charge in [0, 0.05) is 5.41 Å². The molecule has 0 N–H and O–H groups in total. The maximum atomic E-state index is 12.6. The van der Waals surface area contributed by atoms with Crippen LogP contribution >= 0.6 is 0 Å². The molecule has 0 aromatic heterocycles. The van der Waals surface area contributed by atoms with Crippen molar-refractivity contribution in [3.8, 4) is 0 Å². The smallest absolute Gasteiger partial charge is 0.337 e. The fourth-order valence-electron chi connectivity index (χ4n) is 3.76. The van der Waals surface area contributed by atoms with Gasteiger partial charge in [-0.25, -0.2) is 4.79 Å². The predicted octanol–water partition coefficient (Wildman–Crippen LogP) is 7.30. The second-order valence-electron chi connectivity index (χ2n) is 9.22. The summed E-state index contributed by atoms with van der Waals surface area (Å²) < 4.78 is 11.4. The molecule has 1 unspecified atom stereocenters. The molecule has 0 spiro atoms. The standard InChI is InChI=1S/C23H47O3Si/c1-8-9-10-11-12-13-14-15-16-17-18-19-20-23(21(24)25-5,22(2,3)4)26-27(6)7/h8-20H2,1-7H3. The number of rotatable bonds is 16. The molecule has 0 saturated heterocycles. The summed E-state index contributed by atoms with van der Waals surface area (Å²) in [7, 11) is 0.485. The third-order valence-electron chi connectivity index (χ3n) is 5.49. The Balaban J connectivity index is 4.16. The Morgan fingerprint density at radius 3 is 1.52 bits per heavy atom. The van der Waals surface area contributed by atoms with Crippen molar-refractivity contribution in [2.24, 2.45) is 5.41 Å². The van der Waals surface area contributed by atoms with Gasteiger partial charge in [-0.3, -0.25) is 0 Å². The minimum Gasteiger partial charge on any atom is -0.467 e. The largest absolute Gasteiger partial charge is 0.467 e. The van der Waals surface area contributed by atoms with Crippen molar-refractivity contribution in [1.82, 2.24) is 0 Å². The summed E-state index contributed by atoms with van der Waals surface area (Å²) >= 11 is 0. The van der Waals surface area contributed by atoms with Crippen molar-refractivity contribution in [2.45, 2.75) is 130 Å². The van der Waals surface area contributed by atoms with Gasteiger partial charge in [0.2, 0.25) is 9.04 Å². The molecule has 1 atom stereocenters. The van der Waals surface area contributed by atoms with Gasteiger partial charge in [0.25, 0.3) is 0 Å². The van der Waals surface area contributed by atoms with Crippen LogP contribution in [0.15, 0.2) is 0 Å². The molecule has 0 aliphatic carbocycles. The summed E-state index contributed by atoms with van der Waals surface area (Å²) in [6.07, 6.45) is 16.6.